The van der Waals surface area contributed by atoms with Crippen LogP contribution in [0.1, 0.15) is 36.4 Å². The number of aliphatic imine (C=N–C) groups is 2. The van der Waals surface area contributed by atoms with Gasteiger partial charge in [-0.2, -0.15) is 0 Å². The topological polar surface area (TPSA) is 40.5 Å². The third kappa shape index (κ3) is 4.77. The molecule has 0 aliphatic rings. The van der Waals surface area contributed by atoms with Crippen LogP contribution >= 0.6 is 0 Å². The van der Waals surface area contributed by atoms with Gasteiger partial charge in [0.15, 0.2) is 0 Å². The standard InChI is InChI=1S/C22H23N3/c1-17(23-15-19-9-5-3-6-10-19)21-13-14-22(25-21)18(2)24-16-20-11-7-4-8-12-20/h3-14,25H,15-16H2,1-2H3. The van der Waals surface area contributed by atoms with Gasteiger partial charge in [0.25, 0.3) is 0 Å². The van der Waals surface area contributed by atoms with E-state index in [2.05, 4.69) is 51.4 Å². The Kier molecular flexibility index (Phi) is 5.57. The summed E-state index contributed by atoms with van der Waals surface area (Å²) in [5.41, 5.74) is 6.53. The molecule has 0 aliphatic heterocycles. The quantitative estimate of drug-likeness (QED) is 0.616. The zero-order chi connectivity index (χ0) is 17.5. The smallest absolute Gasteiger partial charge is 0.0643 e. The minimum Gasteiger partial charge on any atom is -0.353 e. The molecule has 2 aromatic carbocycles. The van der Waals surface area contributed by atoms with Crippen molar-refractivity contribution in [3.8, 4) is 0 Å². The lowest BCUT2D eigenvalue weighted by molar-refractivity contribution is 1.06. The van der Waals surface area contributed by atoms with Crippen LogP contribution < -0.4 is 0 Å². The van der Waals surface area contributed by atoms with E-state index in [1.54, 1.807) is 0 Å². The summed E-state index contributed by atoms with van der Waals surface area (Å²) in [6.07, 6.45) is 0. The van der Waals surface area contributed by atoms with E-state index in [1.807, 2.05) is 50.2 Å². The summed E-state index contributed by atoms with van der Waals surface area (Å²) in [6.45, 7) is 5.47. The van der Waals surface area contributed by atoms with E-state index in [0.717, 1.165) is 22.8 Å². The highest BCUT2D eigenvalue weighted by atomic mass is 14.8. The van der Waals surface area contributed by atoms with Crippen molar-refractivity contribution in [3.05, 3.63) is 95.3 Å². The molecule has 0 atom stereocenters. The van der Waals surface area contributed by atoms with Crippen LogP contribution in [0.3, 0.4) is 0 Å². The molecule has 3 heteroatoms. The van der Waals surface area contributed by atoms with Gasteiger partial charge in [0.2, 0.25) is 0 Å². The van der Waals surface area contributed by atoms with Gasteiger partial charge in [0.05, 0.1) is 35.9 Å². The Bertz CT molecular complexity index is 787. The fraction of sp³-hybridized carbons (Fsp3) is 0.182. The van der Waals surface area contributed by atoms with E-state index in [-0.39, 0.29) is 0 Å². The lowest BCUT2D eigenvalue weighted by atomic mass is 10.2. The summed E-state index contributed by atoms with van der Waals surface area (Å²) in [5.74, 6) is 0. The summed E-state index contributed by atoms with van der Waals surface area (Å²) >= 11 is 0. The van der Waals surface area contributed by atoms with Crippen molar-refractivity contribution in [2.75, 3.05) is 0 Å². The normalized spacial score (nSPS) is 12.4. The number of benzene rings is 2. The number of aromatic amines is 1. The molecule has 0 aliphatic carbocycles. The third-order valence-electron chi connectivity index (χ3n) is 4.15. The van der Waals surface area contributed by atoms with Crippen molar-refractivity contribution >= 4 is 11.4 Å². The van der Waals surface area contributed by atoms with Gasteiger partial charge in [-0.25, -0.2) is 0 Å². The number of H-pyrrole nitrogens is 1. The summed E-state index contributed by atoms with van der Waals surface area (Å²) in [4.78, 5) is 12.8. The molecule has 1 aromatic heterocycles. The van der Waals surface area contributed by atoms with E-state index in [0.29, 0.717) is 13.1 Å². The van der Waals surface area contributed by atoms with Crippen molar-refractivity contribution < 1.29 is 0 Å². The molecule has 0 radical (unpaired) electrons. The number of hydrogen-bond donors (Lipinski definition) is 1. The Labute approximate surface area is 149 Å². The third-order valence-corrected chi connectivity index (χ3v) is 4.15. The first-order valence-corrected chi connectivity index (χ1v) is 8.52. The summed E-state index contributed by atoms with van der Waals surface area (Å²) in [7, 11) is 0. The fourth-order valence-corrected chi connectivity index (χ4v) is 2.57. The van der Waals surface area contributed by atoms with Crippen LogP contribution in [0, 0.1) is 0 Å². The van der Waals surface area contributed by atoms with Gasteiger partial charge >= 0.3 is 0 Å². The molecule has 1 N–H and O–H groups in total. The predicted molar refractivity (Wildman–Crippen MR) is 106 cm³/mol. The molecule has 0 saturated heterocycles. The molecule has 0 spiro atoms. The molecule has 0 unspecified atom stereocenters. The maximum absolute atomic E-state index is 4.68. The van der Waals surface area contributed by atoms with Crippen molar-refractivity contribution in [2.24, 2.45) is 9.98 Å². The van der Waals surface area contributed by atoms with Crippen LogP contribution in [0.25, 0.3) is 0 Å². The molecule has 1 heterocycles. The Morgan fingerprint density at radius 2 is 1.04 bits per heavy atom. The highest BCUT2D eigenvalue weighted by Crippen LogP contribution is 2.09. The second-order valence-electron chi connectivity index (χ2n) is 6.06. The highest BCUT2D eigenvalue weighted by Gasteiger charge is 2.04. The van der Waals surface area contributed by atoms with Crippen molar-refractivity contribution in [1.29, 1.82) is 0 Å². The number of aromatic nitrogens is 1. The van der Waals surface area contributed by atoms with Gasteiger partial charge in [-0.15, -0.1) is 0 Å². The predicted octanol–water partition coefficient (Wildman–Crippen LogP) is 5.03. The minimum absolute atomic E-state index is 0.697. The molecule has 3 aromatic rings. The van der Waals surface area contributed by atoms with Gasteiger partial charge in [-0.3, -0.25) is 9.98 Å². The van der Waals surface area contributed by atoms with Crippen LogP contribution in [-0.2, 0) is 13.1 Å². The SMILES string of the molecule is CC(=NCc1ccccc1)c1ccc(C(C)=NCc2ccccc2)[nH]1. The van der Waals surface area contributed by atoms with Crippen LogP contribution in [0.2, 0.25) is 0 Å². The first-order chi connectivity index (χ1) is 12.2. The van der Waals surface area contributed by atoms with Gasteiger partial charge in [-0.05, 0) is 37.1 Å². The summed E-state index contributed by atoms with van der Waals surface area (Å²) < 4.78 is 0. The van der Waals surface area contributed by atoms with E-state index in [4.69, 9.17) is 0 Å². The second-order valence-corrected chi connectivity index (χ2v) is 6.06. The van der Waals surface area contributed by atoms with E-state index < -0.39 is 0 Å². The highest BCUT2D eigenvalue weighted by molar-refractivity contribution is 6.01. The number of rotatable bonds is 6. The lowest BCUT2D eigenvalue weighted by Crippen LogP contribution is -2.00. The van der Waals surface area contributed by atoms with Crippen molar-refractivity contribution in [1.82, 2.24) is 4.98 Å². The molecule has 3 rings (SSSR count). The Hall–Kier alpha value is -2.94. The van der Waals surface area contributed by atoms with Gasteiger partial charge in [0.1, 0.15) is 0 Å². The maximum Gasteiger partial charge on any atom is 0.0643 e. The molecule has 0 saturated carbocycles. The number of hydrogen-bond acceptors (Lipinski definition) is 2. The van der Waals surface area contributed by atoms with E-state index >= 15 is 0 Å². The maximum atomic E-state index is 4.68. The van der Waals surface area contributed by atoms with Crippen LogP contribution in [0.4, 0.5) is 0 Å². The fourth-order valence-electron chi connectivity index (χ4n) is 2.57. The van der Waals surface area contributed by atoms with Crippen LogP contribution in [-0.4, -0.2) is 16.4 Å². The molecule has 0 fully saturated rings. The summed E-state index contributed by atoms with van der Waals surface area (Å²) in [5, 5.41) is 0. The zero-order valence-corrected chi connectivity index (χ0v) is 14.7. The Morgan fingerprint density at radius 1 is 0.640 bits per heavy atom. The first-order valence-electron chi connectivity index (χ1n) is 8.52. The monoisotopic (exact) mass is 329 g/mol. The lowest BCUT2D eigenvalue weighted by Gasteiger charge is -2.01. The van der Waals surface area contributed by atoms with Gasteiger partial charge in [-0.1, -0.05) is 60.7 Å². The number of nitrogens with one attached hydrogen (secondary N) is 1. The Balaban J connectivity index is 1.66. The molecular weight excluding hydrogens is 306 g/mol. The second kappa shape index (κ2) is 8.25. The van der Waals surface area contributed by atoms with Crippen molar-refractivity contribution in [2.45, 2.75) is 26.9 Å². The van der Waals surface area contributed by atoms with Crippen LogP contribution in [0.5, 0.6) is 0 Å². The average Bonchev–Trinajstić information content (AvgIpc) is 3.16. The molecular formula is C22H23N3. The molecule has 0 amide bonds. The minimum atomic E-state index is 0.697. The largest absolute Gasteiger partial charge is 0.353 e. The molecule has 3 nitrogen and oxygen atoms in total. The van der Waals surface area contributed by atoms with Crippen LogP contribution in [0.15, 0.2) is 82.8 Å². The molecule has 0 bridgehead atoms. The van der Waals surface area contributed by atoms with Gasteiger partial charge in [0, 0.05) is 0 Å². The first kappa shape index (κ1) is 16.9. The number of nitrogens with zero attached hydrogens (tertiary/aromatic N) is 2. The zero-order valence-electron chi connectivity index (χ0n) is 14.7. The van der Waals surface area contributed by atoms with E-state index in [1.165, 1.54) is 11.1 Å². The molecule has 126 valence electrons. The van der Waals surface area contributed by atoms with Gasteiger partial charge < -0.3 is 4.98 Å². The van der Waals surface area contributed by atoms with E-state index in [9.17, 15) is 0 Å². The summed E-state index contributed by atoms with van der Waals surface area (Å²) in [6, 6.07) is 24.7. The average molecular weight is 329 g/mol. The van der Waals surface area contributed by atoms with Crippen molar-refractivity contribution in [3.63, 3.8) is 0 Å². The molecule has 25 heavy (non-hydrogen) atoms. The Morgan fingerprint density at radius 3 is 1.44 bits per heavy atom.